The van der Waals surface area contributed by atoms with Gasteiger partial charge < -0.3 is 11.1 Å². The summed E-state index contributed by atoms with van der Waals surface area (Å²) in [6, 6.07) is 7.32. The molecule has 1 fully saturated rings. The van der Waals surface area contributed by atoms with E-state index < -0.39 is 0 Å². The van der Waals surface area contributed by atoms with Crippen molar-refractivity contribution in [3.05, 3.63) is 59.3 Å². The van der Waals surface area contributed by atoms with Gasteiger partial charge in [0.15, 0.2) is 0 Å². The number of benzene rings is 1. The zero-order valence-electron chi connectivity index (χ0n) is 17.4. The fraction of sp³-hybridized carbons (Fsp3) is 0.227. The van der Waals surface area contributed by atoms with Crippen molar-refractivity contribution in [1.82, 2.24) is 25.1 Å². The number of anilines is 1. The first kappa shape index (κ1) is 27.3. The lowest BCUT2D eigenvalue weighted by molar-refractivity contribution is 0.343. The van der Waals surface area contributed by atoms with Crippen molar-refractivity contribution in [2.24, 2.45) is 0 Å². The molecule has 1 aromatic carbocycles. The van der Waals surface area contributed by atoms with E-state index in [4.69, 9.17) is 5.73 Å². The summed E-state index contributed by atoms with van der Waals surface area (Å²) >= 11 is 3.49. The van der Waals surface area contributed by atoms with E-state index in [1.54, 1.807) is 12.3 Å². The van der Waals surface area contributed by atoms with E-state index in [1.807, 2.05) is 23.0 Å². The molecule has 0 amide bonds. The Bertz CT molecular complexity index is 1250. The minimum Gasteiger partial charge on any atom is -0.383 e. The number of nitrogens with zero attached hydrogens (tertiary/aromatic N) is 4. The molecule has 33 heavy (non-hydrogen) atoms. The molecule has 0 aliphatic carbocycles. The lowest BCUT2D eigenvalue weighted by Gasteiger charge is -2.22. The molecule has 4 aromatic rings. The highest BCUT2D eigenvalue weighted by Crippen LogP contribution is 2.33. The number of nitrogens with two attached hydrogens (primary N) is 1. The Morgan fingerprint density at radius 1 is 0.970 bits per heavy atom. The molecule has 1 saturated heterocycles. The lowest BCUT2D eigenvalue weighted by atomic mass is 10.0. The largest absolute Gasteiger partial charge is 0.383 e. The average Bonchev–Trinajstić information content (AvgIpc) is 3.27. The van der Waals surface area contributed by atoms with Crippen LogP contribution in [0.4, 0.5) is 10.2 Å². The zero-order chi connectivity index (χ0) is 20.7. The van der Waals surface area contributed by atoms with Gasteiger partial charge in [-0.2, -0.15) is 5.10 Å². The predicted molar refractivity (Wildman–Crippen MR) is 141 cm³/mol. The second-order valence-electron chi connectivity index (χ2n) is 7.49. The van der Waals surface area contributed by atoms with Crippen LogP contribution in [0.5, 0.6) is 0 Å². The van der Waals surface area contributed by atoms with Gasteiger partial charge in [-0.15, -0.1) is 37.2 Å². The molecule has 5 rings (SSSR count). The van der Waals surface area contributed by atoms with Crippen molar-refractivity contribution in [2.45, 2.75) is 18.9 Å². The van der Waals surface area contributed by atoms with Gasteiger partial charge in [-0.3, -0.25) is 9.67 Å². The fourth-order valence-corrected chi connectivity index (χ4v) is 4.37. The van der Waals surface area contributed by atoms with Crippen molar-refractivity contribution < 1.29 is 4.39 Å². The van der Waals surface area contributed by atoms with Crippen LogP contribution in [0.3, 0.4) is 0 Å². The minimum atomic E-state index is -0.308. The number of nitrogens with one attached hydrogen (secondary N) is 1. The fourth-order valence-electron chi connectivity index (χ4n) is 3.91. The van der Waals surface area contributed by atoms with Gasteiger partial charge in [0.1, 0.15) is 11.6 Å². The first-order chi connectivity index (χ1) is 14.6. The van der Waals surface area contributed by atoms with Crippen molar-refractivity contribution in [2.75, 3.05) is 18.8 Å². The molecule has 0 unspecified atom stereocenters. The maximum atomic E-state index is 14.1. The van der Waals surface area contributed by atoms with Gasteiger partial charge in [0, 0.05) is 50.5 Å². The van der Waals surface area contributed by atoms with E-state index in [0.717, 1.165) is 46.9 Å². The molecule has 1 aliphatic rings. The molecule has 0 spiro atoms. The maximum absolute atomic E-state index is 14.1. The molecule has 4 heterocycles. The molecular formula is C22H23BrCl3FN6. The predicted octanol–water partition coefficient (Wildman–Crippen LogP) is 5.83. The molecule has 11 heteroatoms. The van der Waals surface area contributed by atoms with Crippen molar-refractivity contribution in [3.63, 3.8) is 0 Å². The summed E-state index contributed by atoms with van der Waals surface area (Å²) in [5.74, 6) is 0.0706. The van der Waals surface area contributed by atoms with Crippen LogP contribution in [0.1, 0.15) is 18.9 Å². The van der Waals surface area contributed by atoms with Gasteiger partial charge in [-0.1, -0.05) is 15.9 Å². The van der Waals surface area contributed by atoms with Gasteiger partial charge in [0.2, 0.25) is 0 Å². The second-order valence-corrected chi connectivity index (χ2v) is 8.35. The quantitative estimate of drug-likeness (QED) is 0.321. The molecule has 0 atom stereocenters. The molecule has 176 valence electrons. The number of pyridine rings is 2. The number of rotatable bonds is 3. The smallest absolute Gasteiger partial charge is 0.132 e. The van der Waals surface area contributed by atoms with E-state index in [1.165, 1.54) is 12.3 Å². The third-order valence-corrected chi connectivity index (χ3v) is 6.30. The highest BCUT2D eigenvalue weighted by molar-refractivity contribution is 9.10. The Balaban J connectivity index is 0.00000128. The van der Waals surface area contributed by atoms with Crippen LogP contribution in [-0.2, 0) is 0 Å². The normalized spacial score (nSPS) is 13.6. The molecule has 3 N–H and O–H groups in total. The van der Waals surface area contributed by atoms with Crippen molar-refractivity contribution in [3.8, 4) is 22.4 Å². The van der Waals surface area contributed by atoms with Crippen LogP contribution in [-0.4, -0.2) is 32.8 Å². The van der Waals surface area contributed by atoms with Gasteiger partial charge >= 0.3 is 0 Å². The Hall–Kier alpha value is -1.97. The Kier molecular flexibility index (Phi) is 9.46. The first-order valence-corrected chi connectivity index (χ1v) is 10.6. The second kappa shape index (κ2) is 11.4. The third-order valence-electron chi connectivity index (χ3n) is 5.61. The number of hydrogen-bond donors (Lipinski definition) is 2. The van der Waals surface area contributed by atoms with E-state index in [-0.39, 0.29) is 43.0 Å². The summed E-state index contributed by atoms with van der Waals surface area (Å²) in [7, 11) is 0. The topological polar surface area (TPSA) is 81.6 Å². The molecular weight excluding hydrogens is 554 g/mol. The highest BCUT2D eigenvalue weighted by Gasteiger charge is 2.17. The zero-order valence-corrected chi connectivity index (χ0v) is 21.4. The summed E-state index contributed by atoms with van der Waals surface area (Å²) in [6.07, 6.45) is 9.34. The first-order valence-electron chi connectivity index (χ1n) is 9.85. The molecule has 0 bridgehead atoms. The van der Waals surface area contributed by atoms with E-state index >= 15 is 0 Å². The molecule has 0 radical (unpaired) electrons. The van der Waals surface area contributed by atoms with Crippen LogP contribution in [0.25, 0.3) is 33.2 Å². The highest BCUT2D eigenvalue weighted by atomic mass is 79.9. The third kappa shape index (κ3) is 5.41. The summed E-state index contributed by atoms with van der Waals surface area (Å²) in [5, 5.41) is 9.14. The number of nitrogen functional groups attached to an aromatic ring is 1. The van der Waals surface area contributed by atoms with E-state index in [2.05, 4.69) is 42.5 Å². The van der Waals surface area contributed by atoms with Crippen molar-refractivity contribution >= 4 is 69.7 Å². The summed E-state index contributed by atoms with van der Waals surface area (Å²) in [5.41, 5.74) is 9.42. The Morgan fingerprint density at radius 3 is 2.48 bits per heavy atom. The standard InChI is InChI=1S/C22H20BrFN6.3ClH/c23-19-1-2-20(24)18-11-27-21(8-16(18)19)17-7-13(9-28-22(17)25)14-10-29-30(12-14)15-3-5-26-6-4-15;;;/h1-2,7-12,15,26H,3-6H2,(H2,25,28);3*1H. The van der Waals surface area contributed by atoms with E-state index in [0.29, 0.717) is 28.5 Å². The van der Waals surface area contributed by atoms with Gasteiger partial charge in [0.05, 0.1) is 17.9 Å². The number of fused-ring (bicyclic) bond motifs is 1. The average molecular weight is 577 g/mol. The number of hydrogen-bond acceptors (Lipinski definition) is 5. The Morgan fingerprint density at radius 2 is 1.73 bits per heavy atom. The number of halogens is 5. The minimum absolute atomic E-state index is 0. The summed E-state index contributed by atoms with van der Waals surface area (Å²) in [4.78, 5) is 8.82. The molecule has 6 nitrogen and oxygen atoms in total. The number of piperidine rings is 1. The maximum Gasteiger partial charge on any atom is 0.132 e. The molecule has 0 saturated carbocycles. The van der Waals surface area contributed by atoms with Crippen LogP contribution >= 0.6 is 53.2 Å². The van der Waals surface area contributed by atoms with Gasteiger partial charge in [-0.05, 0) is 50.2 Å². The lowest BCUT2D eigenvalue weighted by Crippen LogP contribution is -2.29. The molecule has 1 aliphatic heterocycles. The van der Waals surface area contributed by atoms with Gasteiger partial charge in [0.25, 0.3) is 0 Å². The Labute approximate surface area is 217 Å². The van der Waals surface area contributed by atoms with Crippen LogP contribution in [0.15, 0.2) is 53.5 Å². The van der Waals surface area contributed by atoms with Crippen LogP contribution in [0, 0.1) is 5.82 Å². The monoisotopic (exact) mass is 574 g/mol. The number of aromatic nitrogens is 4. The SMILES string of the molecule is Cl.Cl.Cl.Nc1ncc(-c2cnn(C3CCNCC3)c2)cc1-c1cc2c(Br)ccc(F)c2cn1. The van der Waals surface area contributed by atoms with E-state index in [9.17, 15) is 4.39 Å². The molecule has 3 aromatic heterocycles. The van der Waals surface area contributed by atoms with Crippen LogP contribution < -0.4 is 11.1 Å². The van der Waals surface area contributed by atoms with Crippen molar-refractivity contribution in [1.29, 1.82) is 0 Å². The summed E-state index contributed by atoms with van der Waals surface area (Å²) in [6.45, 7) is 2.02. The van der Waals surface area contributed by atoms with Crippen LogP contribution in [0.2, 0.25) is 0 Å². The van der Waals surface area contributed by atoms with Gasteiger partial charge in [-0.25, -0.2) is 9.37 Å². The summed E-state index contributed by atoms with van der Waals surface area (Å²) < 4.78 is 17.0.